The number of carbonyl (C=O) groups excluding carboxylic acids is 1. The SMILES string of the molecule is Cn1nccc1-c1cc(NC(=O)c2ccc(C(F)(F)F)cc2)ccc1OCCC1CNCCO1. The van der Waals surface area contributed by atoms with Crippen LogP contribution in [0.25, 0.3) is 11.3 Å². The summed E-state index contributed by atoms with van der Waals surface area (Å²) in [6, 6.07) is 11.1. The minimum Gasteiger partial charge on any atom is -0.493 e. The van der Waals surface area contributed by atoms with Gasteiger partial charge in [-0.15, -0.1) is 0 Å². The molecule has 1 aromatic heterocycles. The van der Waals surface area contributed by atoms with Gasteiger partial charge in [-0.25, -0.2) is 0 Å². The number of nitrogens with one attached hydrogen (secondary N) is 2. The van der Waals surface area contributed by atoms with Gasteiger partial charge in [0.25, 0.3) is 5.91 Å². The first kappa shape index (κ1) is 23.8. The summed E-state index contributed by atoms with van der Waals surface area (Å²) in [5.41, 5.74) is 1.31. The van der Waals surface area contributed by atoms with Gasteiger partial charge in [-0.2, -0.15) is 18.3 Å². The van der Waals surface area contributed by atoms with Gasteiger partial charge in [0, 0.05) is 49.6 Å². The van der Waals surface area contributed by atoms with Crippen LogP contribution < -0.4 is 15.4 Å². The van der Waals surface area contributed by atoms with Crippen LogP contribution in [0, 0.1) is 0 Å². The van der Waals surface area contributed by atoms with Gasteiger partial charge >= 0.3 is 6.18 Å². The molecule has 2 heterocycles. The van der Waals surface area contributed by atoms with E-state index in [2.05, 4.69) is 15.7 Å². The summed E-state index contributed by atoms with van der Waals surface area (Å²) in [4.78, 5) is 12.6. The molecule has 7 nitrogen and oxygen atoms in total. The van der Waals surface area contributed by atoms with E-state index in [-0.39, 0.29) is 11.7 Å². The van der Waals surface area contributed by atoms with Crippen molar-refractivity contribution in [3.8, 4) is 17.0 Å². The minimum atomic E-state index is -4.46. The Bertz CT molecular complexity index is 1120. The lowest BCUT2D eigenvalue weighted by Gasteiger charge is -2.23. The smallest absolute Gasteiger partial charge is 0.416 e. The Balaban J connectivity index is 1.49. The van der Waals surface area contributed by atoms with E-state index < -0.39 is 17.6 Å². The van der Waals surface area contributed by atoms with E-state index in [1.807, 2.05) is 6.07 Å². The second kappa shape index (κ2) is 10.3. The topological polar surface area (TPSA) is 77.4 Å². The van der Waals surface area contributed by atoms with Crippen LogP contribution in [-0.4, -0.2) is 48.1 Å². The van der Waals surface area contributed by atoms with E-state index in [4.69, 9.17) is 9.47 Å². The summed E-state index contributed by atoms with van der Waals surface area (Å²) in [5, 5.41) is 10.2. The van der Waals surface area contributed by atoms with E-state index in [1.165, 1.54) is 0 Å². The van der Waals surface area contributed by atoms with Crippen LogP contribution in [0.5, 0.6) is 5.75 Å². The molecule has 4 rings (SSSR count). The molecular formula is C24H25F3N4O3. The molecular weight excluding hydrogens is 449 g/mol. The Morgan fingerprint density at radius 2 is 2.03 bits per heavy atom. The van der Waals surface area contributed by atoms with Crippen LogP contribution in [0.2, 0.25) is 0 Å². The van der Waals surface area contributed by atoms with E-state index in [1.54, 1.807) is 36.1 Å². The fourth-order valence-corrected chi connectivity index (χ4v) is 3.69. The van der Waals surface area contributed by atoms with Crippen molar-refractivity contribution in [2.75, 3.05) is 31.6 Å². The third kappa shape index (κ3) is 5.75. The molecule has 10 heteroatoms. The largest absolute Gasteiger partial charge is 0.493 e. The van der Waals surface area contributed by atoms with Crippen molar-refractivity contribution < 1.29 is 27.4 Å². The summed E-state index contributed by atoms with van der Waals surface area (Å²) in [5.74, 6) is 0.111. The molecule has 0 saturated carbocycles. The number of amides is 1. The van der Waals surface area contributed by atoms with Crippen LogP contribution in [0.1, 0.15) is 22.3 Å². The minimum absolute atomic E-state index is 0.0937. The molecule has 1 saturated heterocycles. The van der Waals surface area contributed by atoms with Crippen LogP contribution in [0.4, 0.5) is 18.9 Å². The quantitative estimate of drug-likeness (QED) is 0.539. The Labute approximate surface area is 194 Å². The predicted molar refractivity (Wildman–Crippen MR) is 121 cm³/mol. The monoisotopic (exact) mass is 474 g/mol. The summed E-state index contributed by atoms with van der Waals surface area (Å²) < 4.78 is 51.8. The zero-order valence-electron chi connectivity index (χ0n) is 18.6. The Morgan fingerprint density at radius 1 is 1.24 bits per heavy atom. The van der Waals surface area contributed by atoms with Gasteiger partial charge in [0.2, 0.25) is 0 Å². The van der Waals surface area contributed by atoms with Crippen molar-refractivity contribution in [2.24, 2.45) is 7.05 Å². The Hall–Kier alpha value is -3.37. The molecule has 180 valence electrons. The molecule has 0 spiro atoms. The molecule has 1 unspecified atom stereocenters. The lowest BCUT2D eigenvalue weighted by molar-refractivity contribution is -0.137. The molecule has 1 amide bonds. The normalized spacial score (nSPS) is 16.3. The second-order valence-corrected chi connectivity index (χ2v) is 7.91. The number of anilines is 1. The van der Waals surface area contributed by atoms with Crippen LogP contribution in [-0.2, 0) is 18.0 Å². The molecule has 0 aliphatic carbocycles. The summed E-state index contributed by atoms with van der Waals surface area (Å²) in [6.07, 6.45) is -1.97. The second-order valence-electron chi connectivity index (χ2n) is 7.91. The molecule has 1 aliphatic heterocycles. The van der Waals surface area contributed by atoms with E-state index in [0.29, 0.717) is 24.7 Å². The number of aryl methyl sites for hydroxylation is 1. The maximum absolute atomic E-state index is 12.8. The number of hydrogen-bond acceptors (Lipinski definition) is 5. The average molecular weight is 474 g/mol. The first-order valence-electron chi connectivity index (χ1n) is 10.9. The number of nitrogens with zero attached hydrogens (tertiary/aromatic N) is 2. The number of alkyl halides is 3. The molecule has 2 N–H and O–H groups in total. The lowest BCUT2D eigenvalue weighted by Crippen LogP contribution is -2.39. The number of benzene rings is 2. The summed E-state index contributed by atoms with van der Waals surface area (Å²) in [7, 11) is 1.80. The van der Waals surface area contributed by atoms with Crippen LogP contribution in [0.15, 0.2) is 54.7 Å². The van der Waals surface area contributed by atoms with Gasteiger partial charge in [0.05, 0.1) is 30.6 Å². The molecule has 34 heavy (non-hydrogen) atoms. The highest BCUT2D eigenvalue weighted by atomic mass is 19.4. The fourth-order valence-electron chi connectivity index (χ4n) is 3.69. The number of rotatable bonds is 7. The van der Waals surface area contributed by atoms with E-state index in [0.717, 1.165) is 55.0 Å². The van der Waals surface area contributed by atoms with Crippen molar-refractivity contribution in [3.63, 3.8) is 0 Å². The third-order valence-electron chi connectivity index (χ3n) is 5.51. The third-order valence-corrected chi connectivity index (χ3v) is 5.51. The van der Waals surface area contributed by atoms with Gasteiger partial charge in [0.1, 0.15) is 5.75 Å². The first-order valence-corrected chi connectivity index (χ1v) is 10.9. The number of halogens is 3. The van der Waals surface area contributed by atoms with Crippen molar-refractivity contribution in [3.05, 3.63) is 65.9 Å². The number of ether oxygens (including phenoxy) is 2. The summed E-state index contributed by atoms with van der Waals surface area (Å²) >= 11 is 0. The lowest BCUT2D eigenvalue weighted by atomic mass is 10.1. The zero-order chi connectivity index (χ0) is 24.1. The molecule has 1 fully saturated rings. The number of hydrogen-bond donors (Lipinski definition) is 2. The van der Waals surface area contributed by atoms with Crippen molar-refractivity contribution in [1.29, 1.82) is 0 Å². The molecule has 1 aliphatic rings. The molecule has 0 radical (unpaired) electrons. The predicted octanol–water partition coefficient (Wildman–Crippen LogP) is 4.12. The molecule has 0 bridgehead atoms. The standard InChI is InChI=1S/C24H25F3N4O3/c1-31-21(8-10-29-31)20-14-18(6-7-22(20)34-12-9-19-15-28-11-13-33-19)30-23(32)16-2-4-17(5-3-16)24(25,26)27/h2-8,10,14,19,28H,9,11-13,15H2,1H3,(H,30,32). The van der Waals surface area contributed by atoms with Gasteiger partial charge < -0.3 is 20.1 Å². The zero-order valence-corrected chi connectivity index (χ0v) is 18.6. The molecule has 2 aromatic carbocycles. The van der Waals surface area contributed by atoms with Gasteiger partial charge in [-0.1, -0.05) is 0 Å². The number of morpholine rings is 1. The van der Waals surface area contributed by atoms with Crippen LogP contribution >= 0.6 is 0 Å². The average Bonchev–Trinajstić information content (AvgIpc) is 3.25. The Morgan fingerprint density at radius 3 is 2.68 bits per heavy atom. The first-order chi connectivity index (χ1) is 16.3. The maximum atomic E-state index is 12.8. The molecule has 1 atom stereocenters. The number of aromatic nitrogens is 2. The Kier molecular flexibility index (Phi) is 7.18. The summed E-state index contributed by atoms with van der Waals surface area (Å²) in [6.45, 7) is 2.77. The van der Waals surface area contributed by atoms with Crippen LogP contribution in [0.3, 0.4) is 0 Å². The van der Waals surface area contributed by atoms with E-state index in [9.17, 15) is 18.0 Å². The highest BCUT2D eigenvalue weighted by Crippen LogP contribution is 2.33. The molecule has 3 aromatic rings. The highest BCUT2D eigenvalue weighted by Gasteiger charge is 2.30. The van der Waals surface area contributed by atoms with Gasteiger partial charge in [0.15, 0.2) is 0 Å². The van der Waals surface area contributed by atoms with Gasteiger partial charge in [-0.3, -0.25) is 9.48 Å². The van der Waals surface area contributed by atoms with Crippen molar-refractivity contribution in [1.82, 2.24) is 15.1 Å². The van der Waals surface area contributed by atoms with E-state index >= 15 is 0 Å². The maximum Gasteiger partial charge on any atom is 0.416 e. The van der Waals surface area contributed by atoms with Crippen molar-refractivity contribution >= 4 is 11.6 Å². The van der Waals surface area contributed by atoms with Crippen molar-refractivity contribution in [2.45, 2.75) is 18.7 Å². The number of carbonyl (C=O) groups is 1. The highest BCUT2D eigenvalue weighted by molar-refractivity contribution is 6.04. The fraction of sp³-hybridized carbons (Fsp3) is 0.333. The van der Waals surface area contributed by atoms with Gasteiger partial charge in [-0.05, 0) is 48.5 Å².